The zero-order chi connectivity index (χ0) is 25.2. The SMILES string of the molecule is CCOC(=O)N[C@H]1CC[C@@H]2[C@@H](C1)C[C@@H]1C(=O)O[C@H](C)[C@@H]1[C@H]2/C=C/c1ccc(-c2cccc(F)c2)cn1. The molecular formula is C29H33FN2O4. The number of allylic oxidation sites excluding steroid dienone is 1. The van der Waals surface area contributed by atoms with Crippen LogP contribution in [0.1, 0.15) is 45.2 Å². The fraction of sp³-hybridized carbons (Fsp3) is 0.483. The maximum absolute atomic E-state index is 13.6. The molecule has 1 aliphatic heterocycles. The van der Waals surface area contributed by atoms with Gasteiger partial charge in [-0.05, 0) is 87.1 Å². The fourth-order valence-corrected chi connectivity index (χ4v) is 6.64. The lowest BCUT2D eigenvalue weighted by atomic mass is 9.57. The molecule has 36 heavy (non-hydrogen) atoms. The molecule has 0 radical (unpaired) electrons. The molecule has 5 rings (SSSR count). The van der Waals surface area contributed by atoms with Crippen LogP contribution in [-0.2, 0) is 14.3 Å². The number of cyclic esters (lactones) is 1. The molecule has 2 saturated carbocycles. The van der Waals surface area contributed by atoms with Crippen LogP contribution < -0.4 is 5.32 Å². The highest BCUT2D eigenvalue weighted by Crippen LogP contribution is 2.53. The van der Waals surface area contributed by atoms with Crippen molar-refractivity contribution in [2.45, 2.75) is 51.7 Å². The summed E-state index contributed by atoms with van der Waals surface area (Å²) in [5, 5.41) is 3.00. The molecular weight excluding hydrogens is 459 g/mol. The molecule has 0 bridgehead atoms. The third-order valence-corrected chi connectivity index (χ3v) is 8.18. The molecule has 0 unspecified atom stereocenters. The van der Waals surface area contributed by atoms with Crippen LogP contribution in [0.2, 0.25) is 0 Å². The molecule has 1 N–H and O–H groups in total. The second kappa shape index (κ2) is 10.4. The van der Waals surface area contributed by atoms with Crippen molar-refractivity contribution in [1.82, 2.24) is 10.3 Å². The Morgan fingerprint density at radius 2 is 2.08 bits per heavy atom. The zero-order valence-corrected chi connectivity index (χ0v) is 20.7. The van der Waals surface area contributed by atoms with Gasteiger partial charge in [0.2, 0.25) is 0 Å². The molecule has 1 amide bonds. The molecule has 1 aromatic carbocycles. The van der Waals surface area contributed by atoms with Crippen molar-refractivity contribution in [3.05, 3.63) is 60.2 Å². The van der Waals surface area contributed by atoms with Crippen LogP contribution in [0.4, 0.5) is 9.18 Å². The van der Waals surface area contributed by atoms with E-state index in [1.54, 1.807) is 19.2 Å². The summed E-state index contributed by atoms with van der Waals surface area (Å²) < 4.78 is 24.3. The zero-order valence-electron chi connectivity index (χ0n) is 20.7. The Balaban J connectivity index is 1.34. The summed E-state index contributed by atoms with van der Waals surface area (Å²) in [6.45, 7) is 4.15. The van der Waals surface area contributed by atoms with Gasteiger partial charge in [0, 0.05) is 23.7 Å². The summed E-state index contributed by atoms with van der Waals surface area (Å²) in [5.74, 6) is 0.629. The first kappa shape index (κ1) is 24.5. The lowest BCUT2D eigenvalue weighted by molar-refractivity contribution is -0.144. The highest BCUT2D eigenvalue weighted by Gasteiger charge is 2.54. The van der Waals surface area contributed by atoms with E-state index in [0.29, 0.717) is 18.4 Å². The van der Waals surface area contributed by atoms with Crippen LogP contribution in [0.5, 0.6) is 0 Å². The predicted octanol–water partition coefficient (Wildman–Crippen LogP) is 5.63. The molecule has 7 atom stereocenters. The molecule has 2 aromatic rings. The van der Waals surface area contributed by atoms with Crippen LogP contribution in [-0.4, -0.2) is 35.8 Å². The minimum Gasteiger partial charge on any atom is -0.462 e. The van der Waals surface area contributed by atoms with Gasteiger partial charge in [-0.2, -0.15) is 0 Å². The van der Waals surface area contributed by atoms with Crippen LogP contribution in [0.25, 0.3) is 17.2 Å². The van der Waals surface area contributed by atoms with Gasteiger partial charge in [0.15, 0.2) is 0 Å². The van der Waals surface area contributed by atoms with E-state index >= 15 is 0 Å². The number of alkyl carbamates (subject to hydrolysis) is 1. The maximum atomic E-state index is 13.6. The Hall–Kier alpha value is -3.22. The topological polar surface area (TPSA) is 77.5 Å². The Morgan fingerprint density at radius 3 is 2.83 bits per heavy atom. The second-order valence-corrected chi connectivity index (χ2v) is 10.3. The van der Waals surface area contributed by atoms with Gasteiger partial charge in [-0.25, -0.2) is 9.18 Å². The van der Waals surface area contributed by atoms with Gasteiger partial charge in [-0.15, -0.1) is 0 Å². The summed E-state index contributed by atoms with van der Waals surface area (Å²) in [4.78, 5) is 29.2. The molecule has 3 aliphatic rings. The Bertz CT molecular complexity index is 1130. The van der Waals surface area contributed by atoms with Crippen molar-refractivity contribution in [1.29, 1.82) is 0 Å². The first-order valence-electron chi connectivity index (χ1n) is 13.0. The van der Waals surface area contributed by atoms with E-state index in [-0.39, 0.29) is 47.8 Å². The molecule has 190 valence electrons. The number of carbonyl (C=O) groups is 2. The number of halogens is 1. The summed E-state index contributed by atoms with van der Waals surface area (Å²) in [5.41, 5.74) is 2.48. The number of amides is 1. The average molecular weight is 493 g/mol. The number of hydrogen-bond acceptors (Lipinski definition) is 5. The number of esters is 1. The van der Waals surface area contributed by atoms with E-state index in [2.05, 4.69) is 16.4 Å². The van der Waals surface area contributed by atoms with E-state index in [0.717, 1.165) is 42.5 Å². The highest BCUT2D eigenvalue weighted by atomic mass is 19.1. The third kappa shape index (κ3) is 5.01. The summed E-state index contributed by atoms with van der Waals surface area (Å²) in [6, 6.07) is 10.4. The number of hydrogen-bond donors (Lipinski definition) is 1. The van der Waals surface area contributed by atoms with Gasteiger partial charge in [0.25, 0.3) is 0 Å². The Kier molecular flexibility index (Phi) is 7.08. The van der Waals surface area contributed by atoms with Gasteiger partial charge in [-0.1, -0.05) is 24.3 Å². The monoisotopic (exact) mass is 492 g/mol. The van der Waals surface area contributed by atoms with Crippen molar-refractivity contribution in [3.63, 3.8) is 0 Å². The van der Waals surface area contributed by atoms with Crippen LogP contribution >= 0.6 is 0 Å². The minimum atomic E-state index is -0.368. The highest BCUT2D eigenvalue weighted by molar-refractivity contribution is 5.75. The average Bonchev–Trinajstić information content (AvgIpc) is 3.15. The smallest absolute Gasteiger partial charge is 0.407 e. The van der Waals surface area contributed by atoms with Crippen molar-refractivity contribution in [2.75, 3.05) is 6.61 Å². The molecule has 2 aliphatic carbocycles. The Labute approximate surface area is 211 Å². The second-order valence-electron chi connectivity index (χ2n) is 10.3. The number of rotatable bonds is 5. The van der Waals surface area contributed by atoms with E-state index < -0.39 is 0 Å². The van der Waals surface area contributed by atoms with E-state index in [4.69, 9.17) is 9.47 Å². The molecule has 7 heteroatoms. The maximum Gasteiger partial charge on any atom is 0.407 e. The standard InChI is InChI=1S/C29H33FN2O4/c1-3-35-29(34)32-23-10-11-24-20(14-23)15-26-27(17(2)36-28(26)33)25(24)12-9-22-8-7-19(16-31-22)18-5-4-6-21(30)13-18/h4-9,12-13,16-17,20,23-27H,3,10-11,14-15H2,1-2H3,(H,32,34)/b12-9+/t17-,20+,23+,24-,25+,26+,27-/m1/s1. The summed E-state index contributed by atoms with van der Waals surface area (Å²) in [7, 11) is 0. The van der Waals surface area contributed by atoms with Crippen LogP contribution in [0, 0.1) is 35.4 Å². The van der Waals surface area contributed by atoms with Crippen molar-refractivity contribution in [2.24, 2.45) is 29.6 Å². The third-order valence-electron chi connectivity index (χ3n) is 8.18. The van der Waals surface area contributed by atoms with Gasteiger partial charge < -0.3 is 14.8 Å². The molecule has 6 nitrogen and oxygen atoms in total. The lowest BCUT2D eigenvalue weighted by Crippen LogP contribution is -2.48. The quantitative estimate of drug-likeness (QED) is 0.548. The fourth-order valence-electron chi connectivity index (χ4n) is 6.64. The predicted molar refractivity (Wildman–Crippen MR) is 134 cm³/mol. The summed E-state index contributed by atoms with van der Waals surface area (Å²) >= 11 is 0. The van der Waals surface area contributed by atoms with Gasteiger partial charge in [0.05, 0.1) is 18.2 Å². The number of fused-ring (bicyclic) bond motifs is 2. The number of carbonyl (C=O) groups excluding carboxylic acids is 2. The first-order valence-corrected chi connectivity index (χ1v) is 13.0. The van der Waals surface area contributed by atoms with Gasteiger partial charge in [-0.3, -0.25) is 9.78 Å². The van der Waals surface area contributed by atoms with Crippen molar-refractivity contribution in [3.8, 4) is 11.1 Å². The van der Waals surface area contributed by atoms with Crippen LogP contribution in [0.3, 0.4) is 0 Å². The molecule has 0 spiro atoms. The van der Waals surface area contributed by atoms with Crippen LogP contribution in [0.15, 0.2) is 48.7 Å². The molecule has 3 fully saturated rings. The van der Waals surface area contributed by atoms with Gasteiger partial charge in [0.1, 0.15) is 11.9 Å². The Morgan fingerprint density at radius 1 is 1.22 bits per heavy atom. The number of nitrogens with zero attached hydrogens (tertiary/aromatic N) is 1. The number of nitrogens with one attached hydrogen (secondary N) is 1. The minimum absolute atomic E-state index is 0.0679. The molecule has 2 heterocycles. The van der Waals surface area contributed by atoms with Crippen molar-refractivity contribution >= 4 is 18.1 Å². The number of aromatic nitrogens is 1. The molecule has 1 aromatic heterocycles. The van der Waals surface area contributed by atoms with E-state index in [9.17, 15) is 14.0 Å². The summed E-state index contributed by atoms with van der Waals surface area (Å²) in [6.07, 6.45) is 9.07. The van der Waals surface area contributed by atoms with Gasteiger partial charge >= 0.3 is 12.1 Å². The number of ether oxygens (including phenoxy) is 2. The normalized spacial score (nSPS) is 31.4. The first-order chi connectivity index (χ1) is 17.4. The molecule has 1 saturated heterocycles. The lowest BCUT2D eigenvalue weighted by Gasteiger charge is -2.47. The van der Waals surface area contributed by atoms with E-state index in [1.165, 1.54) is 12.1 Å². The van der Waals surface area contributed by atoms with E-state index in [1.807, 2.05) is 31.2 Å². The number of pyridine rings is 1. The largest absolute Gasteiger partial charge is 0.462 e. The van der Waals surface area contributed by atoms with Crippen molar-refractivity contribution < 1.29 is 23.5 Å². The number of benzene rings is 1.